The van der Waals surface area contributed by atoms with Crippen LogP contribution in [0.4, 0.5) is 0 Å². The predicted octanol–water partition coefficient (Wildman–Crippen LogP) is 5.05. The molecule has 2 aliphatic carbocycles. The molecule has 3 heteroatoms. The number of esters is 1. The molecule has 0 radical (unpaired) electrons. The maximum atomic E-state index is 12.6. The third-order valence-corrected chi connectivity index (χ3v) is 7.44. The summed E-state index contributed by atoms with van der Waals surface area (Å²) >= 11 is 0. The van der Waals surface area contributed by atoms with Crippen LogP contribution in [0.25, 0.3) is 0 Å². The molecule has 0 saturated heterocycles. The van der Waals surface area contributed by atoms with Crippen molar-refractivity contribution in [1.82, 2.24) is 0 Å². The third kappa shape index (κ3) is 3.32. The van der Waals surface area contributed by atoms with Gasteiger partial charge in [0.2, 0.25) is 0 Å². The van der Waals surface area contributed by atoms with Crippen molar-refractivity contribution >= 4 is 5.97 Å². The first-order valence-corrected chi connectivity index (χ1v) is 9.84. The lowest BCUT2D eigenvalue weighted by Crippen LogP contribution is -2.54. The molecule has 2 rings (SSSR count). The van der Waals surface area contributed by atoms with Crippen LogP contribution in [0.2, 0.25) is 0 Å². The van der Waals surface area contributed by atoms with Crippen molar-refractivity contribution < 1.29 is 14.6 Å². The van der Waals surface area contributed by atoms with Gasteiger partial charge in [0.1, 0.15) is 0 Å². The first-order valence-electron chi connectivity index (χ1n) is 9.84. The van der Waals surface area contributed by atoms with Gasteiger partial charge in [0.05, 0.1) is 13.2 Å². The number of hydrogen-bond donors (Lipinski definition) is 1. The van der Waals surface area contributed by atoms with Crippen LogP contribution in [0, 0.1) is 22.7 Å². The second kappa shape index (κ2) is 7.65. The van der Waals surface area contributed by atoms with Crippen LogP contribution in [0.3, 0.4) is 0 Å². The van der Waals surface area contributed by atoms with E-state index in [0.29, 0.717) is 11.8 Å². The minimum absolute atomic E-state index is 0.131. The van der Waals surface area contributed by atoms with Crippen molar-refractivity contribution in [2.24, 2.45) is 22.7 Å². The zero-order valence-electron chi connectivity index (χ0n) is 16.7. The molecular weight excluding hydrogens is 312 g/mol. The molecule has 25 heavy (non-hydrogen) atoms. The van der Waals surface area contributed by atoms with E-state index in [1.54, 1.807) is 0 Å². The van der Waals surface area contributed by atoms with E-state index in [1.165, 1.54) is 7.11 Å². The Kier molecular flexibility index (Phi) is 6.19. The molecule has 0 heterocycles. The van der Waals surface area contributed by atoms with Crippen LogP contribution in [0.5, 0.6) is 0 Å². The number of aliphatic hydroxyl groups excluding tert-OH is 1. The number of aliphatic hydroxyl groups is 1. The van der Waals surface area contributed by atoms with Gasteiger partial charge in [0.15, 0.2) is 0 Å². The molecule has 1 fully saturated rings. The molecule has 0 aromatic carbocycles. The van der Waals surface area contributed by atoms with Gasteiger partial charge in [-0.15, -0.1) is 6.58 Å². The number of rotatable bonds is 6. The van der Waals surface area contributed by atoms with Gasteiger partial charge in [-0.3, -0.25) is 0 Å². The zero-order valence-corrected chi connectivity index (χ0v) is 16.7. The van der Waals surface area contributed by atoms with Gasteiger partial charge in [0.25, 0.3) is 0 Å². The van der Waals surface area contributed by atoms with Crippen LogP contribution in [0.1, 0.15) is 72.6 Å². The smallest absolute Gasteiger partial charge is 0.334 e. The Morgan fingerprint density at radius 2 is 2.12 bits per heavy atom. The molecule has 1 saturated carbocycles. The monoisotopic (exact) mass is 348 g/mol. The highest BCUT2D eigenvalue weighted by Crippen LogP contribution is 2.63. The van der Waals surface area contributed by atoms with Crippen molar-refractivity contribution in [2.75, 3.05) is 7.11 Å². The molecule has 0 aromatic heterocycles. The summed E-state index contributed by atoms with van der Waals surface area (Å²) in [4.78, 5) is 12.6. The summed E-state index contributed by atoms with van der Waals surface area (Å²) in [5.41, 5.74) is 1.48. The fraction of sp³-hybridized carbons (Fsp3) is 0.773. The normalized spacial score (nSPS) is 38.2. The van der Waals surface area contributed by atoms with E-state index in [2.05, 4.69) is 27.4 Å². The first-order chi connectivity index (χ1) is 11.8. The second-order valence-corrected chi connectivity index (χ2v) is 8.60. The Morgan fingerprint density at radius 1 is 1.44 bits per heavy atom. The lowest BCUT2D eigenvalue weighted by atomic mass is 9.45. The summed E-state index contributed by atoms with van der Waals surface area (Å²) in [7, 11) is 1.45. The molecule has 5 atom stereocenters. The topological polar surface area (TPSA) is 46.5 Å². The largest absolute Gasteiger partial charge is 0.466 e. The van der Waals surface area contributed by atoms with E-state index in [1.807, 2.05) is 13.0 Å². The second-order valence-electron chi connectivity index (χ2n) is 8.60. The van der Waals surface area contributed by atoms with Gasteiger partial charge in [-0.1, -0.05) is 33.3 Å². The average Bonchev–Trinajstić information content (AvgIpc) is 2.58. The standard InChI is InChI=1S/C22H36O3/c1-7-9-10-12-21(4)16(8-2)11-13-22(5)18(21)14-17(23)15(3)19(22)20(24)25-6/h7,16-18,23H,1,8-14H2,2-6H3/t16?,17-,18+,21-,22+/m0/s1. The molecule has 2 aliphatic rings. The summed E-state index contributed by atoms with van der Waals surface area (Å²) < 4.78 is 5.12. The third-order valence-electron chi connectivity index (χ3n) is 7.44. The summed E-state index contributed by atoms with van der Waals surface area (Å²) in [5, 5.41) is 10.7. The van der Waals surface area contributed by atoms with E-state index < -0.39 is 6.10 Å². The van der Waals surface area contributed by atoms with Crippen molar-refractivity contribution in [3.05, 3.63) is 23.8 Å². The molecule has 3 nitrogen and oxygen atoms in total. The van der Waals surface area contributed by atoms with Crippen LogP contribution < -0.4 is 0 Å². The molecule has 142 valence electrons. The number of methoxy groups -OCH3 is 1. The Hall–Kier alpha value is -1.09. The molecule has 0 bridgehead atoms. The Balaban J connectivity index is 2.50. The van der Waals surface area contributed by atoms with E-state index in [4.69, 9.17) is 4.74 Å². The minimum Gasteiger partial charge on any atom is -0.466 e. The number of unbranched alkanes of at least 4 members (excludes halogenated alkanes) is 1. The molecular formula is C22H36O3. The number of fused-ring (bicyclic) bond motifs is 1. The summed E-state index contributed by atoms with van der Waals surface area (Å²) in [6.45, 7) is 12.7. The van der Waals surface area contributed by atoms with Crippen molar-refractivity contribution in [2.45, 2.75) is 78.7 Å². The fourth-order valence-corrected chi connectivity index (χ4v) is 6.01. The van der Waals surface area contributed by atoms with Gasteiger partial charge in [-0.05, 0) is 68.3 Å². The molecule has 1 unspecified atom stereocenters. The highest BCUT2D eigenvalue weighted by molar-refractivity contribution is 5.91. The van der Waals surface area contributed by atoms with Crippen LogP contribution in [-0.4, -0.2) is 24.3 Å². The number of ether oxygens (including phenoxy) is 1. The van der Waals surface area contributed by atoms with Crippen LogP contribution in [-0.2, 0) is 9.53 Å². The SMILES string of the molecule is C=CCCC[C@@]1(C)C(CC)CC[C@@]2(C)C(C(=O)OC)=C(C)[C@@H](O)C[C@@H]21. The Bertz CT molecular complexity index is 549. The first kappa shape index (κ1) is 20.2. The van der Waals surface area contributed by atoms with E-state index >= 15 is 0 Å². The van der Waals surface area contributed by atoms with Crippen molar-refractivity contribution in [1.29, 1.82) is 0 Å². The van der Waals surface area contributed by atoms with Crippen LogP contribution >= 0.6 is 0 Å². The summed E-state index contributed by atoms with van der Waals surface area (Å²) in [6.07, 6.45) is 8.77. The molecule has 0 amide bonds. The highest BCUT2D eigenvalue weighted by atomic mass is 16.5. The van der Waals surface area contributed by atoms with Crippen molar-refractivity contribution in [3.63, 3.8) is 0 Å². The number of carbonyl (C=O) groups excluding carboxylic acids is 1. The maximum absolute atomic E-state index is 12.6. The highest BCUT2D eigenvalue weighted by Gasteiger charge is 2.58. The number of allylic oxidation sites excluding steroid dienone is 1. The molecule has 0 aliphatic heterocycles. The van der Waals surface area contributed by atoms with Gasteiger partial charge in [0, 0.05) is 11.0 Å². The summed E-state index contributed by atoms with van der Waals surface area (Å²) in [6, 6.07) is 0. The Morgan fingerprint density at radius 3 is 2.68 bits per heavy atom. The quantitative estimate of drug-likeness (QED) is 0.415. The number of hydrogen-bond acceptors (Lipinski definition) is 3. The lowest BCUT2D eigenvalue weighted by molar-refractivity contribution is -0.142. The minimum atomic E-state index is -0.540. The molecule has 1 N–H and O–H groups in total. The Labute approximate surface area is 153 Å². The fourth-order valence-electron chi connectivity index (χ4n) is 6.01. The van der Waals surface area contributed by atoms with Gasteiger partial charge < -0.3 is 9.84 Å². The van der Waals surface area contributed by atoms with E-state index in [9.17, 15) is 9.90 Å². The maximum Gasteiger partial charge on any atom is 0.334 e. The van der Waals surface area contributed by atoms with E-state index in [0.717, 1.165) is 56.1 Å². The van der Waals surface area contributed by atoms with Gasteiger partial charge >= 0.3 is 5.97 Å². The zero-order chi connectivity index (χ0) is 18.8. The van der Waals surface area contributed by atoms with Gasteiger partial charge in [-0.25, -0.2) is 4.79 Å². The lowest BCUT2D eigenvalue weighted by Gasteiger charge is -2.59. The summed E-state index contributed by atoms with van der Waals surface area (Å²) in [5.74, 6) is 0.684. The number of carbonyl (C=O) groups is 1. The molecule has 0 spiro atoms. The molecule has 0 aromatic rings. The van der Waals surface area contributed by atoms with Crippen molar-refractivity contribution in [3.8, 4) is 0 Å². The van der Waals surface area contributed by atoms with Gasteiger partial charge in [-0.2, -0.15) is 0 Å². The van der Waals surface area contributed by atoms with Crippen LogP contribution in [0.15, 0.2) is 23.8 Å². The average molecular weight is 349 g/mol. The predicted molar refractivity (Wildman–Crippen MR) is 102 cm³/mol. The van der Waals surface area contributed by atoms with E-state index in [-0.39, 0.29) is 16.8 Å².